The summed E-state index contributed by atoms with van der Waals surface area (Å²) in [5.41, 5.74) is -0.305. The van der Waals surface area contributed by atoms with Crippen molar-refractivity contribution in [2.45, 2.75) is 46.5 Å². The Kier molecular flexibility index (Phi) is 7.61. The predicted molar refractivity (Wildman–Crippen MR) is 68.4 cm³/mol. The molecular formula is C11H23ClO3S. The maximum atomic E-state index is 11.3. The summed E-state index contributed by atoms with van der Waals surface area (Å²) >= 11 is 0. The minimum atomic E-state index is -3.46. The molecule has 16 heavy (non-hydrogen) atoms. The maximum Gasteiger partial charge on any atom is 0.233 e. The van der Waals surface area contributed by atoms with Gasteiger partial charge < -0.3 is 4.74 Å². The molecule has 0 N–H and O–H groups in total. The molecule has 0 aromatic heterocycles. The molecule has 98 valence electrons. The summed E-state index contributed by atoms with van der Waals surface area (Å²) in [6.07, 6.45) is 3.57. The van der Waals surface area contributed by atoms with Gasteiger partial charge in [-0.15, -0.1) is 0 Å². The summed E-state index contributed by atoms with van der Waals surface area (Å²) in [6.45, 7) is 7.11. The number of halogens is 1. The molecule has 0 heterocycles. The first kappa shape index (κ1) is 16.2. The van der Waals surface area contributed by atoms with E-state index in [0.29, 0.717) is 13.2 Å². The Labute approximate surface area is 104 Å². The Hall–Kier alpha value is 0.200. The summed E-state index contributed by atoms with van der Waals surface area (Å²) in [6, 6.07) is 0. The molecule has 0 saturated carbocycles. The summed E-state index contributed by atoms with van der Waals surface area (Å²) in [5.74, 6) is 0.0171. The van der Waals surface area contributed by atoms with Crippen LogP contribution in [-0.4, -0.2) is 27.4 Å². The van der Waals surface area contributed by atoms with Crippen LogP contribution >= 0.6 is 10.7 Å². The largest absolute Gasteiger partial charge is 0.381 e. The lowest BCUT2D eigenvalue weighted by Gasteiger charge is -2.31. The topological polar surface area (TPSA) is 43.4 Å². The van der Waals surface area contributed by atoms with Crippen LogP contribution in [0, 0.1) is 5.41 Å². The zero-order valence-corrected chi connectivity index (χ0v) is 12.0. The predicted octanol–water partition coefficient (Wildman–Crippen LogP) is 3.18. The third-order valence-electron chi connectivity index (χ3n) is 2.65. The van der Waals surface area contributed by atoms with Gasteiger partial charge >= 0.3 is 0 Å². The van der Waals surface area contributed by atoms with Gasteiger partial charge in [0.2, 0.25) is 9.05 Å². The van der Waals surface area contributed by atoms with E-state index in [0.717, 1.165) is 25.7 Å². The molecule has 0 spiro atoms. The Balaban J connectivity index is 4.76. The van der Waals surface area contributed by atoms with E-state index in [9.17, 15) is 8.42 Å². The molecule has 0 unspecified atom stereocenters. The van der Waals surface area contributed by atoms with E-state index in [1.165, 1.54) is 0 Å². The second-order valence-electron chi connectivity index (χ2n) is 4.32. The SMILES string of the molecule is CCCC(CCC)(COCC)CS(=O)(=O)Cl. The fourth-order valence-corrected chi connectivity index (χ4v) is 4.00. The lowest BCUT2D eigenvalue weighted by molar-refractivity contribution is 0.0513. The van der Waals surface area contributed by atoms with Gasteiger partial charge in [-0.1, -0.05) is 26.7 Å². The first-order chi connectivity index (χ1) is 7.39. The summed E-state index contributed by atoms with van der Waals surface area (Å²) in [5, 5.41) is 0. The van der Waals surface area contributed by atoms with Crippen LogP contribution in [0.5, 0.6) is 0 Å². The molecule has 0 radical (unpaired) electrons. The molecule has 0 saturated heterocycles. The first-order valence-corrected chi connectivity index (χ1v) is 8.37. The van der Waals surface area contributed by atoms with Crippen LogP contribution in [0.15, 0.2) is 0 Å². The third kappa shape index (κ3) is 6.71. The van der Waals surface area contributed by atoms with E-state index in [1.807, 2.05) is 6.92 Å². The maximum absolute atomic E-state index is 11.3. The molecule has 0 bridgehead atoms. The summed E-state index contributed by atoms with van der Waals surface area (Å²) in [4.78, 5) is 0. The highest BCUT2D eigenvalue weighted by Gasteiger charge is 2.33. The highest BCUT2D eigenvalue weighted by atomic mass is 35.7. The van der Waals surface area contributed by atoms with Crippen molar-refractivity contribution in [1.29, 1.82) is 0 Å². The van der Waals surface area contributed by atoms with Gasteiger partial charge in [0.05, 0.1) is 12.4 Å². The number of hydrogen-bond donors (Lipinski definition) is 0. The van der Waals surface area contributed by atoms with Crippen LogP contribution in [-0.2, 0) is 13.8 Å². The zero-order valence-electron chi connectivity index (χ0n) is 10.5. The number of hydrogen-bond acceptors (Lipinski definition) is 3. The van der Waals surface area contributed by atoms with Gasteiger partial charge in [0.1, 0.15) is 0 Å². The van der Waals surface area contributed by atoms with Gasteiger partial charge in [0.25, 0.3) is 0 Å². The third-order valence-corrected chi connectivity index (χ3v) is 3.94. The molecular weight excluding hydrogens is 248 g/mol. The van der Waals surface area contributed by atoms with Crippen molar-refractivity contribution in [3.8, 4) is 0 Å². The van der Waals surface area contributed by atoms with E-state index in [4.69, 9.17) is 15.4 Å². The Morgan fingerprint density at radius 1 is 1.12 bits per heavy atom. The average Bonchev–Trinajstić information content (AvgIpc) is 2.13. The van der Waals surface area contributed by atoms with Crippen molar-refractivity contribution in [3.05, 3.63) is 0 Å². The lowest BCUT2D eigenvalue weighted by Crippen LogP contribution is -2.33. The molecule has 3 nitrogen and oxygen atoms in total. The van der Waals surface area contributed by atoms with E-state index >= 15 is 0 Å². The van der Waals surface area contributed by atoms with Crippen LogP contribution in [0.2, 0.25) is 0 Å². The van der Waals surface area contributed by atoms with Crippen LogP contribution < -0.4 is 0 Å². The van der Waals surface area contributed by atoms with E-state index < -0.39 is 9.05 Å². The van der Waals surface area contributed by atoms with E-state index in [-0.39, 0.29) is 11.2 Å². The summed E-state index contributed by atoms with van der Waals surface area (Å²) in [7, 11) is 1.92. The Morgan fingerprint density at radius 3 is 1.94 bits per heavy atom. The standard InChI is InChI=1S/C11H23ClO3S/c1-4-7-11(8-5-2,9-15-6-3)10-16(12,13)14/h4-10H2,1-3H3. The molecule has 0 aromatic rings. The van der Waals surface area contributed by atoms with Crippen molar-refractivity contribution < 1.29 is 13.2 Å². The van der Waals surface area contributed by atoms with Crippen LogP contribution in [0.25, 0.3) is 0 Å². The first-order valence-electron chi connectivity index (χ1n) is 5.89. The lowest BCUT2D eigenvalue weighted by atomic mass is 9.82. The molecule has 0 rings (SSSR count). The van der Waals surface area contributed by atoms with Crippen LogP contribution in [0.3, 0.4) is 0 Å². The summed E-state index contributed by atoms with van der Waals surface area (Å²) < 4.78 is 28.0. The number of ether oxygens (including phenoxy) is 1. The number of rotatable bonds is 9. The molecule has 0 aliphatic carbocycles. The van der Waals surface area contributed by atoms with Crippen LogP contribution in [0.4, 0.5) is 0 Å². The van der Waals surface area contributed by atoms with Gasteiger partial charge in [-0.25, -0.2) is 8.42 Å². The molecule has 0 fully saturated rings. The fourth-order valence-electron chi connectivity index (χ4n) is 2.20. The highest BCUT2D eigenvalue weighted by molar-refractivity contribution is 8.13. The second kappa shape index (κ2) is 7.51. The van der Waals surface area contributed by atoms with Crippen molar-refractivity contribution in [1.82, 2.24) is 0 Å². The normalized spacial score (nSPS) is 13.0. The molecule has 0 amide bonds. The van der Waals surface area contributed by atoms with E-state index in [1.54, 1.807) is 0 Å². The molecule has 0 atom stereocenters. The van der Waals surface area contributed by atoms with Gasteiger partial charge in [0.15, 0.2) is 0 Å². The average molecular weight is 271 g/mol. The Morgan fingerprint density at radius 2 is 1.62 bits per heavy atom. The fraction of sp³-hybridized carbons (Fsp3) is 1.00. The quantitative estimate of drug-likeness (QED) is 0.605. The molecule has 0 aliphatic rings. The van der Waals surface area contributed by atoms with Gasteiger partial charge in [-0.3, -0.25) is 0 Å². The van der Waals surface area contributed by atoms with Crippen molar-refractivity contribution >= 4 is 19.7 Å². The van der Waals surface area contributed by atoms with Crippen molar-refractivity contribution in [2.24, 2.45) is 5.41 Å². The van der Waals surface area contributed by atoms with Gasteiger partial charge in [0, 0.05) is 22.7 Å². The van der Waals surface area contributed by atoms with E-state index in [2.05, 4.69) is 13.8 Å². The monoisotopic (exact) mass is 270 g/mol. The molecule has 0 aliphatic heterocycles. The minimum absolute atomic E-state index is 0.0171. The van der Waals surface area contributed by atoms with Crippen LogP contribution in [0.1, 0.15) is 46.5 Å². The van der Waals surface area contributed by atoms with Gasteiger partial charge in [-0.2, -0.15) is 0 Å². The smallest absolute Gasteiger partial charge is 0.233 e. The minimum Gasteiger partial charge on any atom is -0.381 e. The van der Waals surface area contributed by atoms with Crippen molar-refractivity contribution in [3.63, 3.8) is 0 Å². The Bertz CT molecular complexity index is 269. The van der Waals surface area contributed by atoms with Gasteiger partial charge in [-0.05, 0) is 19.8 Å². The molecule has 5 heteroatoms. The van der Waals surface area contributed by atoms with Crippen molar-refractivity contribution in [2.75, 3.05) is 19.0 Å². The highest BCUT2D eigenvalue weighted by Crippen LogP contribution is 2.33. The zero-order chi connectivity index (χ0) is 12.7. The second-order valence-corrected chi connectivity index (χ2v) is 7.10. The molecule has 0 aromatic carbocycles.